The Morgan fingerprint density at radius 1 is 1.03 bits per heavy atom. The van der Waals surface area contributed by atoms with Gasteiger partial charge in [-0.25, -0.2) is 0 Å². The number of nitro benzene ring substituents is 1. The van der Waals surface area contributed by atoms with Crippen molar-refractivity contribution >= 4 is 40.5 Å². The molecule has 182 valence electrons. The van der Waals surface area contributed by atoms with Gasteiger partial charge in [0.05, 0.1) is 23.5 Å². The lowest BCUT2D eigenvalue weighted by atomic mass is 10.1. The van der Waals surface area contributed by atoms with Crippen LogP contribution < -0.4 is 9.47 Å². The van der Waals surface area contributed by atoms with Gasteiger partial charge in [-0.05, 0) is 41.1 Å². The van der Waals surface area contributed by atoms with Crippen LogP contribution >= 0.6 is 11.8 Å². The number of amides is 2. The Morgan fingerprint density at radius 3 is 2.53 bits per heavy atom. The smallest absolute Gasteiger partial charge is 0.293 e. The standard InChI is InChI=1S/C26H20N2O7S/c1-34-23-13-17(10-11-22(23)35-16-18-6-5-9-20(12-18)28(32)33)14-24-25(30)27(26(31)36-24)15-21(29)19-7-3-2-4-8-19/h2-14H,15-16H2,1H3/b24-14+. The predicted octanol–water partition coefficient (Wildman–Crippen LogP) is 5.10. The SMILES string of the molecule is COc1cc(/C=C2/SC(=O)N(CC(=O)c3ccccc3)C2=O)ccc1OCc1cccc([N+](=O)[O-])c1. The summed E-state index contributed by atoms with van der Waals surface area (Å²) in [4.78, 5) is 49.3. The Kier molecular flexibility index (Phi) is 7.45. The Labute approximate surface area is 210 Å². The van der Waals surface area contributed by atoms with Crippen LogP contribution in [0.5, 0.6) is 11.5 Å². The van der Waals surface area contributed by atoms with Crippen LogP contribution in [0.15, 0.2) is 77.7 Å². The second kappa shape index (κ2) is 10.9. The number of imide groups is 1. The van der Waals surface area contributed by atoms with Crippen molar-refractivity contribution in [2.45, 2.75) is 6.61 Å². The average Bonchev–Trinajstić information content (AvgIpc) is 3.15. The number of ether oxygens (including phenoxy) is 2. The van der Waals surface area contributed by atoms with E-state index < -0.39 is 16.1 Å². The largest absolute Gasteiger partial charge is 0.493 e. The minimum Gasteiger partial charge on any atom is -0.493 e. The molecule has 2 amide bonds. The van der Waals surface area contributed by atoms with Gasteiger partial charge in [-0.15, -0.1) is 0 Å². The van der Waals surface area contributed by atoms with Crippen molar-refractivity contribution in [2.75, 3.05) is 13.7 Å². The third kappa shape index (κ3) is 5.61. The maximum absolute atomic E-state index is 12.8. The van der Waals surface area contributed by atoms with Crippen molar-refractivity contribution in [2.24, 2.45) is 0 Å². The highest BCUT2D eigenvalue weighted by Crippen LogP contribution is 2.35. The molecule has 0 N–H and O–H groups in total. The zero-order valence-corrected chi connectivity index (χ0v) is 19.9. The summed E-state index contributed by atoms with van der Waals surface area (Å²) in [7, 11) is 1.46. The number of non-ortho nitro benzene ring substituents is 1. The van der Waals surface area contributed by atoms with Gasteiger partial charge in [-0.2, -0.15) is 0 Å². The second-order valence-corrected chi connectivity index (χ2v) is 8.68. The van der Waals surface area contributed by atoms with E-state index >= 15 is 0 Å². The Balaban J connectivity index is 1.46. The summed E-state index contributed by atoms with van der Waals surface area (Å²) >= 11 is 0.762. The molecule has 1 aliphatic rings. The van der Waals surface area contributed by atoms with E-state index in [0.29, 0.717) is 28.2 Å². The van der Waals surface area contributed by atoms with Gasteiger partial charge >= 0.3 is 0 Å². The first-order valence-corrected chi connectivity index (χ1v) is 11.5. The molecule has 0 atom stereocenters. The third-order valence-corrected chi connectivity index (χ3v) is 6.18. The van der Waals surface area contributed by atoms with Gasteiger partial charge in [-0.3, -0.25) is 29.4 Å². The maximum Gasteiger partial charge on any atom is 0.293 e. The molecule has 3 aromatic rings. The topological polar surface area (TPSA) is 116 Å². The molecule has 0 aromatic heterocycles. The second-order valence-electron chi connectivity index (χ2n) is 7.68. The number of nitro groups is 1. The number of hydrogen-bond donors (Lipinski definition) is 0. The molecule has 0 spiro atoms. The summed E-state index contributed by atoms with van der Waals surface area (Å²) in [5.41, 5.74) is 1.60. The first-order chi connectivity index (χ1) is 17.4. The summed E-state index contributed by atoms with van der Waals surface area (Å²) in [6.45, 7) is -0.245. The first-order valence-electron chi connectivity index (χ1n) is 10.7. The quantitative estimate of drug-likeness (QED) is 0.171. The van der Waals surface area contributed by atoms with E-state index in [1.54, 1.807) is 66.7 Å². The Hall–Kier alpha value is -4.44. The number of benzene rings is 3. The van der Waals surface area contributed by atoms with Crippen LogP contribution in [-0.2, 0) is 11.4 Å². The fourth-order valence-corrected chi connectivity index (χ4v) is 4.30. The molecule has 0 radical (unpaired) electrons. The van der Waals surface area contributed by atoms with Gasteiger partial charge in [0.1, 0.15) is 6.61 Å². The van der Waals surface area contributed by atoms with Crippen molar-refractivity contribution in [3.05, 3.63) is 105 Å². The minimum absolute atomic E-state index is 0.0298. The normalized spacial score (nSPS) is 14.2. The number of carbonyl (C=O) groups is 3. The number of nitrogens with zero attached hydrogens (tertiary/aromatic N) is 2. The van der Waals surface area contributed by atoms with Crippen LogP contribution in [0.1, 0.15) is 21.5 Å². The molecule has 0 bridgehead atoms. The fourth-order valence-electron chi connectivity index (χ4n) is 3.46. The summed E-state index contributed by atoms with van der Waals surface area (Å²) in [5.74, 6) is -0.0827. The molecular weight excluding hydrogens is 484 g/mol. The minimum atomic E-state index is -0.542. The van der Waals surface area contributed by atoms with Gasteiger partial charge in [-0.1, -0.05) is 48.5 Å². The fraction of sp³-hybridized carbons (Fsp3) is 0.115. The molecule has 1 fully saturated rings. The molecule has 4 rings (SSSR count). The summed E-state index contributed by atoms with van der Waals surface area (Å²) in [6, 6.07) is 19.6. The van der Waals surface area contributed by atoms with Crippen LogP contribution in [0.4, 0.5) is 10.5 Å². The van der Waals surface area contributed by atoms with E-state index in [1.807, 2.05) is 0 Å². The Bertz CT molecular complexity index is 1370. The molecule has 1 saturated heterocycles. The van der Waals surface area contributed by atoms with E-state index in [1.165, 1.54) is 19.2 Å². The van der Waals surface area contributed by atoms with Crippen LogP contribution in [0.2, 0.25) is 0 Å². The number of methoxy groups -OCH3 is 1. The molecule has 36 heavy (non-hydrogen) atoms. The van der Waals surface area contributed by atoms with Crippen molar-refractivity contribution in [3.63, 3.8) is 0 Å². The van der Waals surface area contributed by atoms with Crippen molar-refractivity contribution in [1.82, 2.24) is 4.90 Å². The van der Waals surface area contributed by atoms with Gasteiger partial charge in [0.25, 0.3) is 16.8 Å². The molecule has 0 aliphatic carbocycles. The van der Waals surface area contributed by atoms with Crippen LogP contribution in [0, 0.1) is 10.1 Å². The lowest BCUT2D eigenvalue weighted by Crippen LogP contribution is -2.33. The zero-order valence-electron chi connectivity index (χ0n) is 19.1. The van der Waals surface area contributed by atoms with E-state index in [4.69, 9.17) is 9.47 Å². The highest BCUT2D eigenvalue weighted by molar-refractivity contribution is 8.18. The van der Waals surface area contributed by atoms with Crippen LogP contribution in [0.3, 0.4) is 0 Å². The number of carbonyl (C=O) groups excluding carboxylic acids is 3. The number of rotatable bonds is 9. The van der Waals surface area contributed by atoms with E-state index in [9.17, 15) is 24.5 Å². The average molecular weight is 505 g/mol. The van der Waals surface area contributed by atoms with Crippen molar-refractivity contribution in [3.8, 4) is 11.5 Å². The highest BCUT2D eigenvalue weighted by atomic mass is 32.2. The zero-order chi connectivity index (χ0) is 25.7. The number of thioether (sulfide) groups is 1. The first kappa shape index (κ1) is 24.7. The van der Waals surface area contributed by atoms with Crippen LogP contribution in [-0.4, -0.2) is 40.4 Å². The lowest BCUT2D eigenvalue weighted by Gasteiger charge is -2.12. The Morgan fingerprint density at radius 2 is 1.81 bits per heavy atom. The summed E-state index contributed by atoms with van der Waals surface area (Å²) in [5, 5.41) is 10.4. The summed E-state index contributed by atoms with van der Waals surface area (Å²) in [6.07, 6.45) is 1.55. The molecule has 9 nitrogen and oxygen atoms in total. The van der Waals surface area contributed by atoms with Gasteiger partial charge in [0, 0.05) is 17.7 Å². The van der Waals surface area contributed by atoms with Crippen molar-refractivity contribution < 1.29 is 28.8 Å². The van der Waals surface area contributed by atoms with Gasteiger partial charge in [0.15, 0.2) is 17.3 Å². The number of hydrogen-bond acceptors (Lipinski definition) is 8. The molecule has 1 aliphatic heterocycles. The molecule has 1 heterocycles. The lowest BCUT2D eigenvalue weighted by molar-refractivity contribution is -0.384. The van der Waals surface area contributed by atoms with E-state index in [0.717, 1.165) is 16.7 Å². The van der Waals surface area contributed by atoms with E-state index in [2.05, 4.69) is 0 Å². The van der Waals surface area contributed by atoms with Gasteiger partial charge in [0.2, 0.25) is 0 Å². The molecular formula is C26H20N2O7S. The molecule has 10 heteroatoms. The van der Waals surface area contributed by atoms with Gasteiger partial charge < -0.3 is 9.47 Å². The third-order valence-electron chi connectivity index (χ3n) is 5.27. The van der Waals surface area contributed by atoms with Crippen LogP contribution in [0.25, 0.3) is 6.08 Å². The van der Waals surface area contributed by atoms with Crippen molar-refractivity contribution in [1.29, 1.82) is 0 Å². The predicted molar refractivity (Wildman–Crippen MR) is 134 cm³/mol. The molecule has 3 aromatic carbocycles. The molecule has 0 saturated carbocycles. The van der Waals surface area contributed by atoms with E-state index in [-0.39, 0.29) is 29.5 Å². The monoisotopic (exact) mass is 504 g/mol. The summed E-state index contributed by atoms with van der Waals surface area (Å²) < 4.78 is 11.2. The highest BCUT2D eigenvalue weighted by Gasteiger charge is 2.36. The molecule has 0 unspecified atom stereocenters. The number of ketones is 1. The number of Topliss-reactive ketones (excluding diaryl/α,β-unsaturated/α-hetero) is 1. The maximum atomic E-state index is 12.8.